The minimum Gasteiger partial charge on any atom is -0.383 e. The van der Waals surface area contributed by atoms with Gasteiger partial charge in [0, 0.05) is 43.1 Å². The fourth-order valence-electron chi connectivity index (χ4n) is 4.72. The largest absolute Gasteiger partial charge is 0.383 e. The summed E-state index contributed by atoms with van der Waals surface area (Å²) in [5.74, 6) is 0.0858. The van der Waals surface area contributed by atoms with E-state index in [1.165, 1.54) is 23.3 Å². The smallest absolute Gasteiger partial charge is 0.275 e. The molecule has 0 bridgehead atoms. The minimum atomic E-state index is -0.328. The van der Waals surface area contributed by atoms with Crippen molar-refractivity contribution in [1.29, 1.82) is 0 Å². The Kier molecular flexibility index (Phi) is 7.14. The van der Waals surface area contributed by atoms with Crippen LogP contribution in [0.1, 0.15) is 24.8 Å². The highest BCUT2D eigenvalue weighted by molar-refractivity contribution is 6.21. The van der Waals surface area contributed by atoms with E-state index in [2.05, 4.69) is 21.0 Å². The molecule has 1 aliphatic heterocycles. The molecule has 1 saturated carbocycles. The highest BCUT2D eigenvalue weighted by Gasteiger charge is 2.34. The Hall–Kier alpha value is -4.24. The molecule has 0 unspecified atom stereocenters. The average molecular weight is 500 g/mol. The van der Waals surface area contributed by atoms with Gasteiger partial charge in [-0.3, -0.25) is 19.8 Å². The predicted molar refractivity (Wildman–Crippen MR) is 143 cm³/mol. The summed E-state index contributed by atoms with van der Waals surface area (Å²) in [6.07, 6.45) is 4.36. The number of likely N-dealkylation sites (N-methyl/N-ethyl adjacent to an activating group) is 1. The molecule has 8 nitrogen and oxygen atoms in total. The van der Waals surface area contributed by atoms with Crippen molar-refractivity contribution in [1.82, 2.24) is 20.7 Å². The quantitative estimate of drug-likeness (QED) is 0.387. The van der Waals surface area contributed by atoms with E-state index >= 15 is 0 Å². The zero-order valence-corrected chi connectivity index (χ0v) is 20.6. The lowest BCUT2D eigenvalue weighted by Gasteiger charge is -2.30. The number of hydrogen-bond acceptors (Lipinski definition) is 7. The first kappa shape index (κ1) is 24.5. The maximum Gasteiger partial charge on any atom is 0.275 e. The van der Waals surface area contributed by atoms with Crippen LogP contribution in [-0.2, 0) is 11.3 Å². The monoisotopic (exact) mass is 499 g/mol. The second-order valence-corrected chi connectivity index (χ2v) is 9.26. The summed E-state index contributed by atoms with van der Waals surface area (Å²) in [6.45, 7) is 0.416. The highest BCUT2D eigenvalue weighted by Crippen LogP contribution is 2.25. The molecule has 1 fully saturated rings. The molecule has 3 aromatic rings. The van der Waals surface area contributed by atoms with Crippen molar-refractivity contribution < 1.29 is 9.18 Å². The van der Waals surface area contributed by atoms with Crippen LogP contribution >= 0.6 is 0 Å². The number of aliphatic imine (C=N–C) groups is 1. The van der Waals surface area contributed by atoms with Gasteiger partial charge >= 0.3 is 0 Å². The Morgan fingerprint density at radius 1 is 1.14 bits per heavy atom. The van der Waals surface area contributed by atoms with Crippen LogP contribution in [0.25, 0.3) is 11.3 Å². The Morgan fingerprint density at radius 2 is 1.92 bits per heavy atom. The Bertz CT molecular complexity index is 1320. The number of amides is 1. The van der Waals surface area contributed by atoms with E-state index in [4.69, 9.17) is 10.7 Å². The summed E-state index contributed by atoms with van der Waals surface area (Å²) in [6, 6.07) is 20.1. The van der Waals surface area contributed by atoms with Crippen molar-refractivity contribution in [2.75, 3.05) is 12.4 Å². The number of rotatable bonds is 6. The summed E-state index contributed by atoms with van der Waals surface area (Å²) in [5, 5.41) is 8.21. The van der Waals surface area contributed by atoms with E-state index in [-0.39, 0.29) is 35.2 Å². The van der Waals surface area contributed by atoms with Crippen LogP contribution in [0.2, 0.25) is 0 Å². The maximum atomic E-state index is 13.6. The number of benzene rings is 2. The summed E-state index contributed by atoms with van der Waals surface area (Å²) < 4.78 is 13.6. The van der Waals surface area contributed by atoms with Crippen LogP contribution in [0.15, 0.2) is 89.3 Å². The zero-order chi connectivity index (χ0) is 25.8. The molecular weight excluding hydrogens is 469 g/mol. The standard InChI is InChI=1S/C28H30FN7O/c1-36-28(37)25(26(30)34-22-8-5-9-23(22)35-36)27(33-21-6-3-2-4-7-21)32-17-18-10-12-19(13-11-18)24-16-20(29)14-15-31-24/h2-4,6-7,10-16,22-23,32-33,35H,5,8-9,17H2,1H3,(H2,30,34)/b27-25-/t22-,23+/m0/s1. The minimum absolute atomic E-state index is 0.0208. The van der Waals surface area contributed by atoms with Gasteiger partial charge in [0.25, 0.3) is 5.91 Å². The first-order chi connectivity index (χ1) is 18.0. The summed E-state index contributed by atoms with van der Waals surface area (Å²) >= 11 is 0. The number of carbonyl (C=O) groups excluding carboxylic acids is 1. The number of hydrogen-bond donors (Lipinski definition) is 4. The summed E-state index contributed by atoms with van der Waals surface area (Å²) in [4.78, 5) is 22.5. The number of fused-ring (bicyclic) bond motifs is 1. The van der Waals surface area contributed by atoms with Crippen LogP contribution in [-0.4, -0.2) is 40.9 Å². The van der Waals surface area contributed by atoms with Gasteiger partial charge in [0.2, 0.25) is 0 Å². The lowest BCUT2D eigenvalue weighted by atomic mass is 10.1. The fraction of sp³-hybridized carbons (Fsp3) is 0.250. The number of halogens is 1. The van der Waals surface area contributed by atoms with Gasteiger partial charge in [-0.05, 0) is 43.0 Å². The Balaban J connectivity index is 1.45. The second-order valence-electron chi connectivity index (χ2n) is 9.26. The van der Waals surface area contributed by atoms with E-state index in [1.807, 2.05) is 54.6 Å². The number of hydrazine groups is 1. The van der Waals surface area contributed by atoms with Gasteiger partial charge in [0.05, 0.1) is 11.7 Å². The van der Waals surface area contributed by atoms with Crippen LogP contribution in [0.3, 0.4) is 0 Å². The molecule has 5 rings (SSSR count). The molecule has 1 amide bonds. The lowest BCUT2D eigenvalue weighted by molar-refractivity contribution is -0.129. The highest BCUT2D eigenvalue weighted by atomic mass is 19.1. The number of amidine groups is 1. The van der Waals surface area contributed by atoms with E-state index in [1.54, 1.807) is 7.05 Å². The van der Waals surface area contributed by atoms with Crippen LogP contribution < -0.4 is 21.8 Å². The number of nitrogens with zero attached hydrogens (tertiary/aromatic N) is 3. The molecule has 1 aromatic heterocycles. The molecule has 2 aliphatic rings. The van der Waals surface area contributed by atoms with Crippen molar-refractivity contribution in [3.8, 4) is 11.3 Å². The number of nitrogens with one attached hydrogen (secondary N) is 3. The normalized spacial score (nSPS) is 21.0. The van der Waals surface area contributed by atoms with Gasteiger partial charge in [-0.1, -0.05) is 42.5 Å². The predicted octanol–water partition coefficient (Wildman–Crippen LogP) is 3.56. The molecule has 2 aromatic carbocycles. The third kappa shape index (κ3) is 5.62. The van der Waals surface area contributed by atoms with E-state index in [0.29, 0.717) is 18.1 Å². The molecule has 0 radical (unpaired) electrons. The third-order valence-electron chi connectivity index (χ3n) is 6.65. The topological polar surface area (TPSA) is 108 Å². The molecule has 2 atom stereocenters. The van der Waals surface area contributed by atoms with Gasteiger partial charge in [0.15, 0.2) is 0 Å². The maximum absolute atomic E-state index is 13.6. The van der Waals surface area contributed by atoms with Gasteiger partial charge in [-0.2, -0.15) is 0 Å². The van der Waals surface area contributed by atoms with E-state index in [0.717, 1.165) is 36.1 Å². The molecule has 37 heavy (non-hydrogen) atoms. The summed E-state index contributed by atoms with van der Waals surface area (Å²) in [5.41, 5.74) is 13.2. The molecule has 9 heteroatoms. The summed E-state index contributed by atoms with van der Waals surface area (Å²) in [7, 11) is 1.72. The Labute approximate surface area is 215 Å². The second kappa shape index (κ2) is 10.8. The van der Waals surface area contributed by atoms with Crippen molar-refractivity contribution in [3.63, 3.8) is 0 Å². The molecule has 0 saturated heterocycles. The van der Waals surface area contributed by atoms with Crippen LogP contribution in [0.5, 0.6) is 0 Å². The van der Waals surface area contributed by atoms with Gasteiger partial charge in [-0.15, -0.1) is 0 Å². The lowest BCUT2D eigenvalue weighted by Crippen LogP contribution is -2.52. The van der Waals surface area contributed by atoms with Crippen LogP contribution in [0.4, 0.5) is 10.1 Å². The SMILES string of the molecule is CN1N[C@@H]2CCC[C@@H]2N=C(N)/C(=C(\NCc2ccc(-c3cc(F)ccn3)cc2)Nc2ccccc2)C1=O. The molecule has 5 N–H and O–H groups in total. The number of pyridine rings is 1. The molecule has 2 heterocycles. The van der Waals surface area contributed by atoms with Crippen LogP contribution in [0, 0.1) is 5.82 Å². The first-order valence-electron chi connectivity index (χ1n) is 12.4. The number of nitrogens with two attached hydrogens (primary N) is 1. The third-order valence-corrected chi connectivity index (χ3v) is 6.65. The molecule has 190 valence electrons. The van der Waals surface area contributed by atoms with Crippen molar-refractivity contribution in [2.45, 2.75) is 37.9 Å². The molecule has 1 aliphatic carbocycles. The zero-order valence-electron chi connectivity index (χ0n) is 20.6. The molecular formula is C28H30FN7O. The number of aromatic nitrogens is 1. The van der Waals surface area contributed by atoms with E-state index < -0.39 is 0 Å². The Morgan fingerprint density at radius 3 is 2.68 bits per heavy atom. The van der Waals surface area contributed by atoms with Gasteiger partial charge in [-0.25, -0.2) is 9.82 Å². The molecule has 0 spiro atoms. The van der Waals surface area contributed by atoms with Gasteiger partial charge in [0.1, 0.15) is 23.0 Å². The van der Waals surface area contributed by atoms with Crippen molar-refractivity contribution in [2.24, 2.45) is 10.7 Å². The van der Waals surface area contributed by atoms with Gasteiger partial charge < -0.3 is 16.4 Å². The number of carbonyl (C=O) groups is 1. The van der Waals surface area contributed by atoms with Crippen molar-refractivity contribution >= 4 is 17.4 Å². The number of para-hydroxylation sites is 1. The fourth-order valence-corrected chi connectivity index (χ4v) is 4.72. The van der Waals surface area contributed by atoms with E-state index in [9.17, 15) is 9.18 Å². The number of anilines is 1. The average Bonchev–Trinajstić information content (AvgIpc) is 3.33. The van der Waals surface area contributed by atoms with Crippen molar-refractivity contribution in [3.05, 3.63) is 95.7 Å². The first-order valence-corrected chi connectivity index (χ1v) is 12.4.